The molecule has 1 aromatic heterocycles. The first-order valence-electron chi connectivity index (χ1n) is 7.96. The molecule has 1 aromatic carbocycles. The van der Waals surface area contributed by atoms with Gasteiger partial charge in [0.2, 0.25) is 0 Å². The van der Waals surface area contributed by atoms with Gasteiger partial charge in [0, 0.05) is 24.7 Å². The molecular formula is C17H25IN4O2S2. The molecule has 0 aliphatic carbocycles. The van der Waals surface area contributed by atoms with Crippen LogP contribution in [-0.4, -0.2) is 39.2 Å². The number of benzene rings is 1. The van der Waals surface area contributed by atoms with E-state index in [0.29, 0.717) is 18.0 Å². The molecule has 0 aliphatic rings. The van der Waals surface area contributed by atoms with Crippen LogP contribution in [0.3, 0.4) is 0 Å². The van der Waals surface area contributed by atoms with Crippen LogP contribution in [0.1, 0.15) is 21.1 Å². The van der Waals surface area contributed by atoms with Gasteiger partial charge >= 0.3 is 0 Å². The number of halogens is 1. The van der Waals surface area contributed by atoms with Crippen molar-refractivity contribution in [3.63, 3.8) is 0 Å². The van der Waals surface area contributed by atoms with Crippen LogP contribution in [0.5, 0.6) is 0 Å². The molecule has 144 valence electrons. The van der Waals surface area contributed by atoms with Crippen LogP contribution < -0.4 is 10.6 Å². The zero-order valence-corrected chi connectivity index (χ0v) is 19.3. The lowest BCUT2D eigenvalue weighted by molar-refractivity contribution is 0.602. The van der Waals surface area contributed by atoms with Crippen molar-refractivity contribution in [1.29, 1.82) is 0 Å². The molecule has 6 nitrogen and oxygen atoms in total. The second-order valence-corrected chi connectivity index (χ2v) is 9.06. The number of thiazole rings is 1. The molecule has 9 heteroatoms. The Kier molecular flexibility index (Phi) is 8.97. The number of nitrogens with zero attached hydrogens (tertiary/aromatic N) is 2. The van der Waals surface area contributed by atoms with Crippen LogP contribution in [0.15, 0.2) is 34.2 Å². The Hall–Kier alpha value is -1.20. The maximum Gasteiger partial charge on any atom is 0.191 e. The van der Waals surface area contributed by atoms with E-state index in [4.69, 9.17) is 0 Å². The molecule has 2 aromatic rings. The van der Waals surface area contributed by atoms with Crippen molar-refractivity contribution in [3.05, 3.63) is 45.4 Å². The number of rotatable bonds is 6. The minimum atomic E-state index is -3.14. The zero-order valence-electron chi connectivity index (χ0n) is 15.4. The molecule has 0 atom stereocenters. The summed E-state index contributed by atoms with van der Waals surface area (Å²) < 4.78 is 22.9. The van der Waals surface area contributed by atoms with Gasteiger partial charge in [0.25, 0.3) is 0 Å². The van der Waals surface area contributed by atoms with Gasteiger partial charge in [-0.2, -0.15) is 0 Å². The van der Waals surface area contributed by atoms with Gasteiger partial charge in [-0.3, -0.25) is 4.99 Å². The Morgan fingerprint density at radius 3 is 2.35 bits per heavy atom. The summed E-state index contributed by atoms with van der Waals surface area (Å²) in [5, 5.41) is 7.61. The highest BCUT2D eigenvalue weighted by Crippen LogP contribution is 2.16. The fourth-order valence-corrected chi connectivity index (χ4v) is 3.86. The molecule has 0 saturated carbocycles. The van der Waals surface area contributed by atoms with Crippen molar-refractivity contribution in [3.8, 4) is 0 Å². The molecule has 0 aliphatic heterocycles. The highest BCUT2D eigenvalue weighted by molar-refractivity contribution is 14.0. The molecule has 26 heavy (non-hydrogen) atoms. The fraction of sp³-hybridized carbons (Fsp3) is 0.412. The molecular weight excluding hydrogens is 483 g/mol. The van der Waals surface area contributed by atoms with Gasteiger partial charge < -0.3 is 10.6 Å². The number of aromatic nitrogens is 1. The molecule has 0 radical (unpaired) electrons. The summed E-state index contributed by atoms with van der Waals surface area (Å²) in [5.74, 6) is 0.734. The maximum atomic E-state index is 11.5. The Morgan fingerprint density at radius 1 is 1.19 bits per heavy atom. The summed E-state index contributed by atoms with van der Waals surface area (Å²) in [6.45, 7) is 5.42. The van der Waals surface area contributed by atoms with E-state index in [1.807, 2.05) is 26.0 Å². The van der Waals surface area contributed by atoms with E-state index in [0.717, 1.165) is 28.6 Å². The van der Waals surface area contributed by atoms with Crippen molar-refractivity contribution in [2.45, 2.75) is 31.7 Å². The van der Waals surface area contributed by atoms with Crippen LogP contribution >= 0.6 is 35.3 Å². The van der Waals surface area contributed by atoms with Crippen molar-refractivity contribution >= 4 is 51.1 Å². The Labute approximate surface area is 176 Å². The van der Waals surface area contributed by atoms with E-state index in [-0.39, 0.29) is 24.0 Å². The standard InChI is InChI=1S/C17H24N4O2S2.HI/c1-12-16(24-13(2)21-12)11-20-17(18-3)19-10-9-14-5-7-15(8-6-14)25(4,22)23;/h5-8H,9-11H2,1-4H3,(H2,18,19,20);1H. The van der Waals surface area contributed by atoms with Crippen molar-refractivity contribution in [2.75, 3.05) is 19.8 Å². The van der Waals surface area contributed by atoms with Crippen LogP contribution in [0, 0.1) is 13.8 Å². The third-order valence-corrected chi connectivity index (χ3v) is 5.90. The minimum Gasteiger partial charge on any atom is -0.356 e. The summed E-state index contributed by atoms with van der Waals surface area (Å²) in [6, 6.07) is 6.98. The molecule has 0 amide bonds. The summed E-state index contributed by atoms with van der Waals surface area (Å²) in [4.78, 5) is 10.2. The molecule has 0 unspecified atom stereocenters. The first-order valence-corrected chi connectivity index (χ1v) is 10.7. The molecule has 1 heterocycles. The maximum absolute atomic E-state index is 11.5. The zero-order chi connectivity index (χ0) is 18.4. The molecule has 0 saturated heterocycles. The second-order valence-electron chi connectivity index (χ2n) is 5.76. The number of nitrogens with one attached hydrogen (secondary N) is 2. The third-order valence-electron chi connectivity index (χ3n) is 3.70. The predicted octanol–water partition coefficient (Wildman–Crippen LogP) is 2.69. The largest absolute Gasteiger partial charge is 0.356 e. The monoisotopic (exact) mass is 508 g/mol. The van der Waals surface area contributed by atoms with E-state index in [1.165, 1.54) is 11.1 Å². The normalized spacial score (nSPS) is 11.8. The number of hydrogen-bond donors (Lipinski definition) is 2. The average Bonchev–Trinajstić information content (AvgIpc) is 2.88. The Balaban J connectivity index is 0.00000338. The SMILES string of the molecule is CN=C(NCCc1ccc(S(C)(=O)=O)cc1)NCc1sc(C)nc1C.I. The minimum absolute atomic E-state index is 0. The summed E-state index contributed by atoms with van der Waals surface area (Å²) in [7, 11) is -1.40. The molecule has 2 rings (SSSR count). The highest BCUT2D eigenvalue weighted by Gasteiger charge is 2.07. The van der Waals surface area contributed by atoms with Gasteiger partial charge in [0.1, 0.15) is 0 Å². The van der Waals surface area contributed by atoms with Crippen LogP contribution in [0.2, 0.25) is 0 Å². The summed E-state index contributed by atoms with van der Waals surface area (Å²) in [6.07, 6.45) is 2.00. The van der Waals surface area contributed by atoms with E-state index in [1.54, 1.807) is 30.5 Å². The number of sulfone groups is 1. The highest BCUT2D eigenvalue weighted by atomic mass is 127. The number of aliphatic imine (C=N–C) groups is 1. The second kappa shape index (κ2) is 10.2. The Bertz CT molecular complexity index is 846. The van der Waals surface area contributed by atoms with Gasteiger partial charge in [-0.25, -0.2) is 13.4 Å². The quantitative estimate of drug-likeness (QED) is 0.356. The first-order chi connectivity index (χ1) is 11.8. The van der Waals surface area contributed by atoms with Crippen molar-refractivity contribution in [2.24, 2.45) is 4.99 Å². The third kappa shape index (κ3) is 6.84. The summed E-state index contributed by atoms with van der Waals surface area (Å²) >= 11 is 1.69. The van der Waals surface area contributed by atoms with Gasteiger partial charge in [0.15, 0.2) is 15.8 Å². The summed E-state index contributed by atoms with van der Waals surface area (Å²) in [5.41, 5.74) is 2.13. The fourth-order valence-electron chi connectivity index (χ4n) is 2.35. The molecule has 0 bridgehead atoms. The Morgan fingerprint density at radius 2 is 1.85 bits per heavy atom. The van der Waals surface area contributed by atoms with Crippen molar-refractivity contribution in [1.82, 2.24) is 15.6 Å². The van der Waals surface area contributed by atoms with E-state index >= 15 is 0 Å². The van der Waals surface area contributed by atoms with E-state index in [2.05, 4.69) is 20.6 Å². The molecule has 0 spiro atoms. The van der Waals surface area contributed by atoms with Gasteiger partial charge in [-0.1, -0.05) is 12.1 Å². The number of aryl methyl sites for hydroxylation is 2. The van der Waals surface area contributed by atoms with E-state index in [9.17, 15) is 8.42 Å². The molecule has 2 N–H and O–H groups in total. The smallest absolute Gasteiger partial charge is 0.191 e. The van der Waals surface area contributed by atoms with E-state index < -0.39 is 9.84 Å². The van der Waals surface area contributed by atoms with Gasteiger partial charge in [-0.05, 0) is 38.0 Å². The van der Waals surface area contributed by atoms with Crippen LogP contribution in [0.4, 0.5) is 0 Å². The average molecular weight is 508 g/mol. The van der Waals surface area contributed by atoms with Crippen LogP contribution in [-0.2, 0) is 22.8 Å². The predicted molar refractivity (Wildman–Crippen MR) is 118 cm³/mol. The number of hydrogen-bond acceptors (Lipinski definition) is 5. The van der Waals surface area contributed by atoms with Crippen LogP contribution in [0.25, 0.3) is 0 Å². The lowest BCUT2D eigenvalue weighted by atomic mass is 10.1. The van der Waals surface area contributed by atoms with Gasteiger partial charge in [0.05, 0.1) is 22.1 Å². The van der Waals surface area contributed by atoms with Gasteiger partial charge in [-0.15, -0.1) is 35.3 Å². The lowest BCUT2D eigenvalue weighted by Gasteiger charge is -2.11. The lowest BCUT2D eigenvalue weighted by Crippen LogP contribution is -2.37. The molecule has 0 fully saturated rings. The topological polar surface area (TPSA) is 83.5 Å². The van der Waals surface area contributed by atoms with Crippen molar-refractivity contribution < 1.29 is 8.42 Å². The number of guanidine groups is 1. The first kappa shape index (κ1) is 22.8.